The number of methoxy groups -OCH3 is 1. The lowest BCUT2D eigenvalue weighted by molar-refractivity contribution is -0.137. The van der Waals surface area contributed by atoms with Crippen LogP contribution in [0.15, 0.2) is 0 Å². The Kier molecular flexibility index (Phi) is 7.88. The highest BCUT2D eigenvalue weighted by Gasteiger charge is 2.11. The molecule has 0 aromatic rings. The standard InChI is InChI=1S/C9H18O4/c1-8(2)9(6-10)13-7-12-5-4-11-3/h6,8-9H,4-5,7H2,1-3H3. The molecule has 0 aliphatic carbocycles. The van der Waals surface area contributed by atoms with Crippen molar-refractivity contribution in [1.29, 1.82) is 0 Å². The molecule has 0 heterocycles. The van der Waals surface area contributed by atoms with E-state index >= 15 is 0 Å². The summed E-state index contributed by atoms with van der Waals surface area (Å²) in [5.41, 5.74) is 0. The monoisotopic (exact) mass is 190 g/mol. The fourth-order valence-corrected chi connectivity index (χ4v) is 0.717. The lowest BCUT2D eigenvalue weighted by atomic mass is 10.1. The third-order valence-corrected chi connectivity index (χ3v) is 1.57. The Balaban J connectivity index is 3.33. The quantitative estimate of drug-likeness (QED) is 0.323. The van der Waals surface area contributed by atoms with Gasteiger partial charge in [0.05, 0.1) is 13.2 Å². The molecule has 4 heteroatoms. The molecular formula is C9H18O4. The average molecular weight is 190 g/mol. The van der Waals surface area contributed by atoms with Crippen molar-refractivity contribution in [3.63, 3.8) is 0 Å². The molecule has 0 aliphatic rings. The Morgan fingerprint density at radius 3 is 2.46 bits per heavy atom. The third kappa shape index (κ3) is 6.69. The van der Waals surface area contributed by atoms with Gasteiger partial charge in [-0.05, 0) is 5.92 Å². The molecular weight excluding hydrogens is 172 g/mol. The van der Waals surface area contributed by atoms with E-state index in [4.69, 9.17) is 14.2 Å². The predicted octanol–water partition coefficient (Wildman–Crippen LogP) is 0.847. The molecule has 0 saturated carbocycles. The van der Waals surface area contributed by atoms with E-state index in [1.807, 2.05) is 13.8 Å². The summed E-state index contributed by atoms with van der Waals surface area (Å²) in [6, 6.07) is 0. The van der Waals surface area contributed by atoms with E-state index in [0.717, 1.165) is 6.29 Å². The van der Waals surface area contributed by atoms with Crippen molar-refractivity contribution in [2.24, 2.45) is 5.92 Å². The fourth-order valence-electron chi connectivity index (χ4n) is 0.717. The Morgan fingerprint density at radius 2 is 2.00 bits per heavy atom. The minimum absolute atomic E-state index is 0.144. The molecule has 0 aromatic heterocycles. The van der Waals surface area contributed by atoms with Gasteiger partial charge in [-0.15, -0.1) is 0 Å². The third-order valence-electron chi connectivity index (χ3n) is 1.57. The Bertz CT molecular complexity index is 125. The molecule has 13 heavy (non-hydrogen) atoms. The fraction of sp³-hybridized carbons (Fsp3) is 0.889. The van der Waals surface area contributed by atoms with Gasteiger partial charge in [0.15, 0.2) is 0 Å². The van der Waals surface area contributed by atoms with Crippen LogP contribution in [0, 0.1) is 5.92 Å². The van der Waals surface area contributed by atoms with Crippen LogP contribution in [0.5, 0.6) is 0 Å². The van der Waals surface area contributed by atoms with Gasteiger partial charge in [-0.1, -0.05) is 13.8 Å². The van der Waals surface area contributed by atoms with Gasteiger partial charge in [0.2, 0.25) is 0 Å². The first-order valence-electron chi connectivity index (χ1n) is 4.36. The Morgan fingerprint density at radius 1 is 1.31 bits per heavy atom. The van der Waals surface area contributed by atoms with Crippen molar-refractivity contribution in [2.75, 3.05) is 27.1 Å². The van der Waals surface area contributed by atoms with Crippen LogP contribution in [-0.2, 0) is 19.0 Å². The molecule has 0 fully saturated rings. The van der Waals surface area contributed by atoms with Crippen molar-refractivity contribution >= 4 is 6.29 Å². The van der Waals surface area contributed by atoms with Gasteiger partial charge in [-0.3, -0.25) is 0 Å². The number of carbonyl (C=O) groups excluding carboxylic acids is 1. The van der Waals surface area contributed by atoms with Crippen LogP contribution >= 0.6 is 0 Å². The van der Waals surface area contributed by atoms with Gasteiger partial charge in [0.25, 0.3) is 0 Å². The highest BCUT2D eigenvalue weighted by atomic mass is 16.7. The van der Waals surface area contributed by atoms with Crippen LogP contribution in [0.2, 0.25) is 0 Å². The molecule has 0 amide bonds. The summed E-state index contributed by atoms with van der Waals surface area (Å²) >= 11 is 0. The maximum atomic E-state index is 10.5. The van der Waals surface area contributed by atoms with Crippen LogP contribution in [-0.4, -0.2) is 39.5 Å². The van der Waals surface area contributed by atoms with Gasteiger partial charge in [-0.25, -0.2) is 0 Å². The highest BCUT2D eigenvalue weighted by Crippen LogP contribution is 2.03. The molecule has 0 N–H and O–H groups in total. The smallest absolute Gasteiger partial charge is 0.149 e. The second kappa shape index (κ2) is 8.16. The predicted molar refractivity (Wildman–Crippen MR) is 48.5 cm³/mol. The SMILES string of the molecule is COCCOCOC(C=O)C(C)C. The van der Waals surface area contributed by atoms with Gasteiger partial charge < -0.3 is 19.0 Å². The second-order valence-corrected chi connectivity index (χ2v) is 3.03. The van der Waals surface area contributed by atoms with E-state index in [1.54, 1.807) is 7.11 Å². The lowest BCUT2D eigenvalue weighted by Gasteiger charge is -2.14. The van der Waals surface area contributed by atoms with Crippen LogP contribution in [0.4, 0.5) is 0 Å². The maximum Gasteiger partial charge on any atom is 0.149 e. The Labute approximate surface area is 79.2 Å². The zero-order valence-corrected chi connectivity index (χ0v) is 8.49. The summed E-state index contributed by atoms with van der Waals surface area (Å²) < 4.78 is 15.0. The minimum atomic E-state index is -0.373. The summed E-state index contributed by atoms with van der Waals surface area (Å²) in [4.78, 5) is 10.5. The van der Waals surface area contributed by atoms with Crippen molar-refractivity contribution in [3.05, 3.63) is 0 Å². The summed E-state index contributed by atoms with van der Waals surface area (Å²) in [6.07, 6.45) is 0.423. The first-order chi connectivity index (χ1) is 6.22. The zero-order chi connectivity index (χ0) is 10.1. The molecule has 0 aromatic carbocycles. The van der Waals surface area contributed by atoms with E-state index in [9.17, 15) is 4.79 Å². The summed E-state index contributed by atoms with van der Waals surface area (Å²) in [5.74, 6) is 0.184. The molecule has 1 unspecified atom stereocenters. The molecule has 0 spiro atoms. The average Bonchev–Trinajstić information content (AvgIpc) is 2.10. The van der Waals surface area contributed by atoms with Crippen molar-refractivity contribution in [3.8, 4) is 0 Å². The maximum absolute atomic E-state index is 10.5. The number of hydrogen-bond acceptors (Lipinski definition) is 4. The summed E-state index contributed by atoms with van der Waals surface area (Å²) in [5, 5.41) is 0. The summed E-state index contributed by atoms with van der Waals surface area (Å²) in [6.45, 7) is 5.02. The lowest BCUT2D eigenvalue weighted by Crippen LogP contribution is -2.23. The molecule has 0 bridgehead atoms. The van der Waals surface area contributed by atoms with E-state index in [0.29, 0.717) is 13.2 Å². The second-order valence-electron chi connectivity index (χ2n) is 3.03. The first-order valence-corrected chi connectivity index (χ1v) is 4.36. The van der Waals surface area contributed by atoms with E-state index < -0.39 is 0 Å². The van der Waals surface area contributed by atoms with Crippen molar-refractivity contribution in [2.45, 2.75) is 20.0 Å². The van der Waals surface area contributed by atoms with E-state index in [2.05, 4.69) is 0 Å². The van der Waals surface area contributed by atoms with Crippen molar-refractivity contribution < 1.29 is 19.0 Å². The zero-order valence-electron chi connectivity index (χ0n) is 8.49. The van der Waals surface area contributed by atoms with Gasteiger partial charge >= 0.3 is 0 Å². The van der Waals surface area contributed by atoms with Gasteiger partial charge in [0.1, 0.15) is 19.2 Å². The topological polar surface area (TPSA) is 44.8 Å². The number of ether oxygens (including phenoxy) is 3. The number of aldehydes is 1. The molecule has 0 rings (SSSR count). The highest BCUT2D eigenvalue weighted by molar-refractivity contribution is 5.56. The molecule has 0 radical (unpaired) electrons. The Hall–Kier alpha value is -0.450. The molecule has 4 nitrogen and oxygen atoms in total. The van der Waals surface area contributed by atoms with Crippen molar-refractivity contribution in [1.82, 2.24) is 0 Å². The number of carbonyl (C=O) groups is 1. The summed E-state index contributed by atoms with van der Waals surface area (Å²) in [7, 11) is 1.60. The molecule has 0 saturated heterocycles. The van der Waals surface area contributed by atoms with Crippen LogP contribution in [0.3, 0.4) is 0 Å². The van der Waals surface area contributed by atoms with Crippen LogP contribution < -0.4 is 0 Å². The molecule has 0 aliphatic heterocycles. The van der Waals surface area contributed by atoms with Gasteiger partial charge in [0, 0.05) is 7.11 Å². The van der Waals surface area contributed by atoms with Crippen LogP contribution in [0.1, 0.15) is 13.8 Å². The van der Waals surface area contributed by atoms with E-state index in [1.165, 1.54) is 0 Å². The minimum Gasteiger partial charge on any atom is -0.382 e. The number of hydrogen-bond donors (Lipinski definition) is 0. The van der Waals surface area contributed by atoms with E-state index in [-0.39, 0.29) is 18.8 Å². The molecule has 78 valence electrons. The van der Waals surface area contributed by atoms with Crippen LogP contribution in [0.25, 0.3) is 0 Å². The normalized spacial score (nSPS) is 13.2. The first kappa shape index (κ1) is 12.6. The number of rotatable bonds is 8. The van der Waals surface area contributed by atoms with Gasteiger partial charge in [-0.2, -0.15) is 0 Å². The largest absolute Gasteiger partial charge is 0.382 e. The molecule has 1 atom stereocenters.